The normalized spacial score (nSPS) is 14.1. The molecule has 1 aromatic heterocycles. The van der Waals surface area contributed by atoms with Crippen LogP contribution in [0.1, 0.15) is 35.6 Å². The molecule has 0 fully saturated rings. The second-order valence-corrected chi connectivity index (χ2v) is 5.45. The van der Waals surface area contributed by atoms with Crippen LogP contribution in [0.4, 0.5) is 0 Å². The molecule has 5 nitrogen and oxygen atoms in total. The van der Waals surface area contributed by atoms with Crippen LogP contribution in [0.25, 0.3) is 0 Å². The molecular formula is C16H22N4O. The van der Waals surface area contributed by atoms with Gasteiger partial charge in [0.25, 0.3) is 0 Å². The molecule has 0 saturated heterocycles. The smallest absolute Gasteiger partial charge is 0.147 e. The van der Waals surface area contributed by atoms with Gasteiger partial charge in [0.1, 0.15) is 11.6 Å². The van der Waals surface area contributed by atoms with E-state index in [0.717, 1.165) is 37.7 Å². The molecule has 21 heavy (non-hydrogen) atoms. The number of hydrogen-bond acceptors (Lipinski definition) is 4. The number of hydrogen-bond donors (Lipinski definition) is 1. The predicted molar refractivity (Wildman–Crippen MR) is 80.7 cm³/mol. The lowest BCUT2D eigenvalue weighted by molar-refractivity contribution is 0.184. The second-order valence-electron chi connectivity index (χ2n) is 5.45. The molecule has 0 aliphatic carbocycles. The van der Waals surface area contributed by atoms with Crippen molar-refractivity contribution in [3.63, 3.8) is 0 Å². The first-order chi connectivity index (χ1) is 10.4. The Morgan fingerprint density at radius 1 is 1.14 bits per heavy atom. The van der Waals surface area contributed by atoms with Crippen molar-refractivity contribution in [2.45, 2.75) is 45.5 Å². The fraction of sp³-hybridized carbons (Fsp3) is 0.500. The Morgan fingerprint density at radius 2 is 2.00 bits per heavy atom. The van der Waals surface area contributed by atoms with Crippen molar-refractivity contribution in [1.29, 1.82) is 0 Å². The molecule has 0 atom stereocenters. The highest BCUT2D eigenvalue weighted by molar-refractivity contribution is 5.26. The molecule has 5 heteroatoms. The molecule has 0 bridgehead atoms. The standard InChI is InChI=1S/C16H22N4O/c1-21-12-14-7-3-2-6-13(14)10-17-11-16-19-18-15-8-4-5-9-20(15)16/h2-3,6-7,17H,4-5,8-12H2,1H3. The fourth-order valence-corrected chi connectivity index (χ4v) is 2.83. The molecule has 0 radical (unpaired) electrons. The number of aromatic nitrogens is 3. The van der Waals surface area contributed by atoms with E-state index in [1.165, 1.54) is 24.0 Å². The number of rotatable bonds is 6. The van der Waals surface area contributed by atoms with E-state index in [-0.39, 0.29) is 0 Å². The highest BCUT2D eigenvalue weighted by atomic mass is 16.5. The topological polar surface area (TPSA) is 52.0 Å². The highest BCUT2D eigenvalue weighted by Crippen LogP contribution is 2.14. The van der Waals surface area contributed by atoms with Gasteiger partial charge >= 0.3 is 0 Å². The van der Waals surface area contributed by atoms with Gasteiger partial charge in [0.05, 0.1) is 13.2 Å². The Hall–Kier alpha value is -1.72. The van der Waals surface area contributed by atoms with E-state index in [1.807, 2.05) is 6.07 Å². The van der Waals surface area contributed by atoms with E-state index >= 15 is 0 Å². The van der Waals surface area contributed by atoms with Crippen LogP contribution >= 0.6 is 0 Å². The zero-order valence-corrected chi connectivity index (χ0v) is 12.5. The average molecular weight is 286 g/mol. The van der Waals surface area contributed by atoms with Crippen molar-refractivity contribution in [2.75, 3.05) is 7.11 Å². The summed E-state index contributed by atoms with van der Waals surface area (Å²) in [7, 11) is 1.73. The summed E-state index contributed by atoms with van der Waals surface area (Å²) < 4.78 is 7.50. The zero-order valence-electron chi connectivity index (χ0n) is 12.5. The van der Waals surface area contributed by atoms with Crippen LogP contribution in [0.5, 0.6) is 0 Å². The molecule has 2 heterocycles. The summed E-state index contributed by atoms with van der Waals surface area (Å²) in [5.74, 6) is 2.19. The average Bonchev–Trinajstić information content (AvgIpc) is 2.93. The van der Waals surface area contributed by atoms with Crippen molar-refractivity contribution in [2.24, 2.45) is 0 Å². The lowest BCUT2D eigenvalue weighted by Crippen LogP contribution is -2.20. The first-order valence-corrected chi connectivity index (χ1v) is 7.56. The Labute approximate surface area is 125 Å². The number of aryl methyl sites for hydroxylation is 1. The van der Waals surface area contributed by atoms with Gasteiger partial charge < -0.3 is 14.6 Å². The Kier molecular flexibility index (Phi) is 4.62. The molecule has 0 unspecified atom stereocenters. The summed E-state index contributed by atoms with van der Waals surface area (Å²) in [4.78, 5) is 0. The van der Waals surface area contributed by atoms with Crippen molar-refractivity contribution < 1.29 is 4.74 Å². The number of ether oxygens (including phenoxy) is 1. The number of fused-ring (bicyclic) bond motifs is 1. The molecule has 112 valence electrons. The first-order valence-electron chi connectivity index (χ1n) is 7.56. The summed E-state index contributed by atoms with van der Waals surface area (Å²) in [5.41, 5.74) is 2.51. The lowest BCUT2D eigenvalue weighted by Gasteiger charge is -2.15. The van der Waals surface area contributed by atoms with Crippen LogP contribution in [-0.4, -0.2) is 21.9 Å². The minimum atomic E-state index is 0.651. The lowest BCUT2D eigenvalue weighted by atomic mass is 10.1. The van der Waals surface area contributed by atoms with Crippen molar-refractivity contribution in [3.05, 3.63) is 47.0 Å². The SMILES string of the molecule is COCc1ccccc1CNCc1nnc2n1CCCC2. The zero-order chi connectivity index (χ0) is 14.5. The summed E-state index contributed by atoms with van der Waals surface area (Å²) in [6, 6.07) is 8.36. The molecule has 0 amide bonds. The van der Waals surface area contributed by atoms with Gasteiger partial charge in [-0.1, -0.05) is 24.3 Å². The molecule has 1 aromatic carbocycles. The Balaban J connectivity index is 1.60. The van der Waals surface area contributed by atoms with Crippen LogP contribution < -0.4 is 5.32 Å². The van der Waals surface area contributed by atoms with Crippen molar-refractivity contribution >= 4 is 0 Å². The Bertz CT molecular complexity index is 594. The number of methoxy groups -OCH3 is 1. The van der Waals surface area contributed by atoms with Crippen LogP contribution in [0, 0.1) is 0 Å². The molecule has 3 rings (SSSR count). The van der Waals surface area contributed by atoms with Crippen molar-refractivity contribution in [3.8, 4) is 0 Å². The van der Waals surface area contributed by atoms with Gasteiger partial charge in [-0.3, -0.25) is 0 Å². The third kappa shape index (κ3) is 3.31. The largest absolute Gasteiger partial charge is 0.380 e. The van der Waals surface area contributed by atoms with Crippen LogP contribution in [0.15, 0.2) is 24.3 Å². The molecular weight excluding hydrogens is 264 g/mol. The van der Waals surface area contributed by atoms with Crippen LogP contribution in [0.3, 0.4) is 0 Å². The molecule has 0 spiro atoms. The van der Waals surface area contributed by atoms with Gasteiger partial charge in [0.2, 0.25) is 0 Å². The predicted octanol–water partition coefficient (Wildman–Crippen LogP) is 2.05. The van der Waals surface area contributed by atoms with Gasteiger partial charge in [-0.25, -0.2) is 0 Å². The summed E-state index contributed by atoms with van der Waals surface area (Å²) in [5, 5.41) is 12.1. The van der Waals surface area contributed by atoms with E-state index in [1.54, 1.807) is 7.11 Å². The third-order valence-corrected chi connectivity index (χ3v) is 3.95. The van der Waals surface area contributed by atoms with E-state index in [9.17, 15) is 0 Å². The summed E-state index contributed by atoms with van der Waals surface area (Å²) in [6.07, 6.45) is 3.52. The number of nitrogens with one attached hydrogen (secondary N) is 1. The van der Waals surface area contributed by atoms with Gasteiger partial charge in [-0.05, 0) is 24.0 Å². The quantitative estimate of drug-likeness (QED) is 0.883. The summed E-state index contributed by atoms with van der Waals surface area (Å²) in [6.45, 7) is 3.29. The van der Waals surface area contributed by atoms with Crippen LogP contribution in [-0.2, 0) is 37.4 Å². The molecule has 0 saturated carbocycles. The first kappa shape index (κ1) is 14.2. The van der Waals surface area contributed by atoms with Crippen molar-refractivity contribution in [1.82, 2.24) is 20.1 Å². The maximum Gasteiger partial charge on any atom is 0.147 e. The van der Waals surface area contributed by atoms with Gasteiger partial charge in [-0.2, -0.15) is 0 Å². The van der Waals surface area contributed by atoms with E-state index < -0.39 is 0 Å². The second kappa shape index (κ2) is 6.83. The highest BCUT2D eigenvalue weighted by Gasteiger charge is 2.15. The molecule has 2 aromatic rings. The Morgan fingerprint density at radius 3 is 2.86 bits per heavy atom. The number of nitrogens with zero attached hydrogens (tertiary/aromatic N) is 3. The minimum absolute atomic E-state index is 0.651. The molecule has 1 aliphatic rings. The van der Waals surface area contributed by atoms with E-state index in [4.69, 9.17) is 4.74 Å². The third-order valence-electron chi connectivity index (χ3n) is 3.95. The molecule has 1 aliphatic heterocycles. The van der Waals surface area contributed by atoms with Gasteiger partial charge in [0, 0.05) is 26.6 Å². The van der Waals surface area contributed by atoms with Gasteiger partial charge in [0.15, 0.2) is 0 Å². The summed E-state index contributed by atoms with van der Waals surface area (Å²) >= 11 is 0. The van der Waals surface area contributed by atoms with Crippen LogP contribution in [0.2, 0.25) is 0 Å². The number of benzene rings is 1. The van der Waals surface area contributed by atoms with E-state index in [0.29, 0.717) is 6.61 Å². The van der Waals surface area contributed by atoms with Gasteiger partial charge in [-0.15, -0.1) is 10.2 Å². The molecule has 1 N–H and O–H groups in total. The fourth-order valence-electron chi connectivity index (χ4n) is 2.83. The monoisotopic (exact) mass is 286 g/mol. The van der Waals surface area contributed by atoms with E-state index in [2.05, 4.69) is 38.3 Å². The minimum Gasteiger partial charge on any atom is -0.380 e. The maximum atomic E-state index is 5.24. The maximum absolute atomic E-state index is 5.24.